The van der Waals surface area contributed by atoms with Gasteiger partial charge in [-0.15, -0.1) is 0 Å². The van der Waals surface area contributed by atoms with E-state index in [1.54, 1.807) is 6.20 Å². The van der Waals surface area contributed by atoms with Gasteiger partial charge in [0.05, 0.1) is 25.7 Å². The highest BCUT2D eigenvalue weighted by atomic mass is 16.2. The van der Waals surface area contributed by atoms with Gasteiger partial charge in [0.15, 0.2) is 0 Å². The third-order valence-electron chi connectivity index (χ3n) is 5.51. The molecular formula is C22H35N11O5. The molecule has 2 aromatic heterocycles. The summed E-state index contributed by atoms with van der Waals surface area (Å²) in [6.45, 7) is -0.312. The number of imidazole rings is 2. The second-order valence-electron chi connectivity index (χ2n) is 8.46. The van der Waals surface area contributed by atoms with Gasteiger partial charge >= 0.3 is 0 Å². The maximum atomic E-state index is 12.8. The molecular weight excluding hydrogens is 498 g/mol. The van der Waals surface area contributed by atoms with Crippen LogP contribution in [0.25, 0.3) is 0 Å². The predicted octanol–water partition coefficient (Wildman–Crippen LogP) is -3.94. The van der Waals surface area contributed by atoms with Crippen LogP contribution < -0.4 is 38.5 Å². The van der Waals surface area contributed by atoms with E-state index >= 15 is 0 Å². The molecule has 0 aliphatic heterocycles. The molecule has 16 nitrogen and oxygen atoms in total. The molecule has 38 heavy (non-hydrogen) atoms. The topological polar surface area (TPSA) is 269 Å². The molecule has 0 fully saturated rings. The molecule has 2 heterocycles. The van der Waals surface area contributed by atoms with Crippen LogP contribution in [0.3, 0.4) is 0 Å². The molecule has 0 saturated heterocycles. The first-order valence-corrected chi connectivity index (χ1v) is 12.0. The standard InChI is InChI=1S/C22H35N11O5/c23-7-18(34)31-16(5-13-9-26-11-29-13)21(37)28-4-2-1-3-15(20(25)36)33-22(38)17(32-19(35)8-24)6-14-10-27-12-30-14/h9-12,15-17H,1-8,23-24H2,(H2,25,36)(H,26,29)(H,27,30)(H,28,37)(H,31,34)(H,32,35)(H,33,38). The molecule has 12 N–H and O–H groups in total. The first-order valence-electron chi connectivity index (χ1n) is 12.0. The highest BCUT2D eigenvalue weighted by molar-refractivity contribution is 5.92. The molecule has 0 bridgehead atoms. The Morgan fingerprint density at radius 2 is 1.29 bits per heavy atom. The highest BCUT2D eigenvalue weighted by Crippen LogP contribution is 2.05. The molecule has 0 saturated carbocycles. The summed E-state index contributed by atoms with van der Waals surface area (Å²) in [5.74, 6) is -2.76. The van der Waals surface area contributed by atoms with Gasteiger partial charge in [-0.1, -0.05) is 0 Å². The minimum absolute atomic E-state index is 0.107. The summed E-state index contributed by atoms with van der Waals surface area (Å²) < 4.78 is 0. The van der Waals surface area contributed by atoms with E-state index in [4.69, 9.17) is 17.2 Å². The van der Waals surface area contributed by atoms with Crippen LogP contribution in [0.1, 0.15) is 30.7 Å². The lowest BCUT2D eigenvalue weighted by Gasteiger charge is -2.21. The normalized spacial score (nSPS) is 13.1. The number of H-pyrrole nitrogens is 2. The third-order valence-corrected chi connectivity index (χ3v) is 5.51. The van der Waals surface area contributed by atoms with Crippen LogP contribution in [0.5, 0.6) is 0 Å². The van der Waals surface area contributed by atoms with Crippen LogP contribution >= 0.6 is 0 Å². The van der Waals surface area contributed by atoms with Gasteiger partial charge in [0.2, 0.25) is 29.5 Å². The molecule has 0 aliphatic rings. The Morgan fingerprint density at radius 1 is 0.763 bits per heavy atom. The Kier molecular flexibility index (Phi) is 12.4. The van der Waals surface area contributed by atoms with Gasteiger partial charge in [-0.05, 0) is 19.3 Å². The number of aromatic nitrogens is 4. The lowest BCUT2D eigenvalue weighted by Crippen LogP contribution is -2.54. The molecule has 5 amide bonds. The lowest BCUT2D eigenvalue weighted by atomic mass is 10.1. The Bertz CT molecular complexity index is 1040. The first kappa shape index (κ1) is 29.9. The van der Waals surface area contributed by atoms with E-state index in [2.05, 4.69) is 41.2 Å². The van der Waals surface area contributed by atoms with Crippen LogP contribution in [-0.4, -0.2) is 87.2 Å². The molecule has 208 valence electrons. The Hall–Kier alpha value is -4.31. The summed E-state index contributed by atoms with van der Waals surface area (Å²) in [6.07, 6.45) is 7.39. The minimum Gasteiger partial charge on any atom is -0.368 e. The number of primary amides is 1. The fourth-order valence-electron chi connectivity index (χ4n) is 3.52. The van der Waals surface area contributed by atoms with E-state index in [9.17, 15) is 24.0 Å². The van der Waals surface area contributed by atoms with Crippen molar-refractivity contribution >= 4 is 29.5 Å². The summed E-state index contributed by atoms with van der Waals surface area (Å²) >= 11 is 0. The maximum Gasteiger partial charge on any atom is 0.243 e. The number of nitrogens with one attached hydrogen (secondary N) is 6. The number of nitrogens with zero attached hydrogens (tertiary/aromatic N) is 2. The molecule has 3 atom stereocenters. The number of nitrogens with two attached hydrogens (primary N) is 3. The van der Waals surface area contributed by atoms with E-state index in [1.807, 2.05) is 0 Å². The van der Waals surface area contributed by atoms with E-state index in [0.29, 0.717) is 24.2 Å². The smallest absolute Gasteiger partial charge is 0.243 e. The molecule has 2 rings (SSSR count). The Balaban J connectivity index is 1.84. The fraction of sp³-hybridized carbons (Fsp3) is 0.500. The van der Waals surface area contributed by atoms with Crippen molar-refractivity contribution in [1.82, 2.24) is 41.2 Å². The van der Waals surface area contributed by atoms with Crippen LogP contribution in [0.2, 0.25) is 0 Å². The summed E-state index contributed by atoms with van der Waals surface area (Å²) in [7, 11) is 0. The third kappa shape index (κ3) is 10.4. The summed E-state index contributed by atoms with van der Waals surface area (Å²) in [4.78, 5) is 74.4. The van der Waals surface area contributed by atoms with Crippen molar-refractivity contribution in [3.63, 3.8) is 0 Å². The SMILES string of the molecule is NCC(=O)NC(Cc1cnc[nH]1)C(=O)NCCCCC(NC(=O)C(Cc1cnc[nH]1)NC(=O)CN)C(N)=O. The molecule has 0 aromatic carbocycles. The summed E-state index contributed by atoms with van der Waals surface area (Å²) in [6, 6.07) is -2.84. The Labute approximate surface area is 218 Å². The van der Waals surface area contributed by atoms with E-state index in [-0.39, 0.29) is 38.9 Å². The van der Waals surface area contributed by atoms with Crippen molar-refractivity contribution in [1.29, 1.82) is 0 Å². The number of amides is 5. The summed E-state index contributed by atoms with van der Waals surface area (Å²) in [5, 5.41) is 10.4. The zero-order valence-electron chi connectivity index (χ0n) is 20.9. The predicted molar refractivity (Wildman–Crippen MR) is 135 cm³/mol. The quantitative estimate of drug-likeness (QED) is 0.0897. The van der Waals surface area contributed by atoms with Gasteiger partial charge < -0.3 is 48.4 Å². The van der Waals surface area contributed by atoms with Crippen molar-refractivity contribution in [2.75, 3.05) is 19.6 Å². The van der Waals surface area contributed by atoms with Crippen molar-refractivity contribution in [3.05, 3.63) is 36.4 Å². The van der Waals surface area contributed by atoms with Crippen molar-refractivity contribution < 1.29 is 24.0 Å². The zero-order chi connectivity index (χ0) is 27.9. The van der Waals surface area contributed by atoms with Crippen molar-refractivity contribution in [2.45, 2.75) is 50.2 Å². The number of unbranched alkanes of at least 4 members (excludes halogenated alkanes) is 1. The average Bonchev–Trinajstić information content (AvgIpc) is 3.61. The van der Waals surface area contributed by atoms with Crippen molar-refractivity contribution in [2.24, 2.45) is 17.2 Å². The van der Waals surface area contributed by atoms with Crippen LogP contribution in [0.15, 0.2) is 25.0 Å². The molecule has 3 unspecified atom stereocenters. The number of rotatable bonds is 17. The molecule has 16 heteroatoms. The zero-order valence-corrected chi connectivity index (χ0v) is 20.9. The number of hydrogen-bond donors (Lipinski definition) is 9. The number of carbonyl (C=O) groups is 5. The van der Waals surface area contributed by atoms with Gasteiger partial charge in [0.1, 0.15) is 18.1 Å². The number of hydrogen-bond acceptors (Lipinski definition) is 9. The second-order valence-corrected chi connectivity index (χ2v) is 8.46. The fourth-order valence-corrected chi connectivity index (χ4v) is 3.52. The minimum atomic E-state index is -0.997. The molecule has 0 aliphatic carbocycles. The van der Waals surface area contributed by atoms with E-state index < -0.39 is 47.7 Å². The van der Waals surface area contributed by atoms with Gasteiger partial charge in [0, 0.05) is 43.2 Å². The average molecular weight is 534 g/mol. The van der Waals surface area contributed by atoms with Gasteiger partial charge in [-0.2, -0.15) is 0 Å². The number of carbonyl (C=O) groups excluding carboxylic acids is 5. The van der Waals surface area contributed by atoms with Crippen molar-refractivity contribution in [3.8, 4) is 0 Å². The molecule has 2 aromatic rings. The first-order chi connectivity index (χ1) is 18.2. The second kappa shape index (κ2) is 15.7. The highest BCUT2D eigenvalue weighted by Gasteiger charge is 2.26. The van der Waals surface area contributed by atoms with E-state index in [1.165, 1.54) is 18.9 Å². The Morgan fingerprint density at radius 3 is 1.74 bits per heavy atom. The van der Waals surface area contributed by atoms with Crippen LogP contribution in [-0.2, 0) is 36.8 Å². The maximum absolute atomic E-state index is 12.8. The van der Waals surface area contributed by atoms with Gasteiger partial charge in [-0.3, -0.25) is 24.0 Å². The monoisotopic (exact) mass is 533 g/mol. The van der Waals surface area contributed by atoms with Gasteiger partial charge in [-0.25, -0.2) is 9.97 Å². The van der Waals surface area contributed by atoms with Gasteiger partial charge in [0.25, 0.3) is 0 Å². The lowest BCUT2D eigenvalue weighted by molar-refractivity contribution is -0.131. The number of aromatic amines is 2. The molecule has 0 radical (unpaired) electrons. The largest absolute Gasteiger partial charge is 0.368 e. The summed E-state index contributed by atoms with van der Waals surface area (Å²) in [5.41, 5.74) is 17.4. The van der Waals surface area contributed by atoms with Crippen LogP contribution in [0.4, 0.5) is 0 Å². The van der Waals surface area contributed by atoms with E-state index in [0.717, 1.165) is 0 Å². The van der Waals surface area contributed by atoms with Crippen LogP contribution in [0, 0.1) is 0 Å². The molecule has 0 spiro atoms.